The van der Waals surface area contributed by atoms with E-state index in [9.17, 15) is 10.1 Å². The summed E-state index contributed by atoms with van der Waals surface area (Å²) in [6.07, 6.45) is 0.627. The van der Waals surface area contributed by atoms with Crippen molar-refractivity contribution in [3.8, 4) is 0 Å². The average molecular weight is 259 g/mol. The molecule has 0 bridgehead atoms. The van der Waals surface area contributed by atoms with Gasteiger partial charge in [0, 0.05) is 12.1 Å². The number of halogens is 1. The number of hydrogen-bond donors (Lipinski definition) is 1. The van der Waals surface area contributed by atoms with E-state index >= 15 is 0 Å². The van der Waals surface area contributed by atoms with E-state index in [0.717, 1.165) is 5.56 Å². The van der Waals surface area contributed by atoms with E-state index in [4.69, 9.17) is 5.73 Å². The molecule has 1 aromatic carbocycles. The van der Waals surface area contributed by atoms with Crippen LogP contribution in [0.1, 0.15) is 12.5 Å². The minimum absolute atomic E-state index is 0.00620. The molecule has 2 N–H and O–H groups in total. The van der Waals surface area contributed by atoms with E-state index in [0.29, 0.717) is 10.9 Å². The van der Waals surface area contributed by atoms with Gasteiger partial charge in [0.1, 0.15) is 0 Å². The molecule has 1 unspecified atom stereocenters. The predicted molar refractivity (Wildman–Crippen MR) is 58.1 cm³/mol. The van der Waals surface area contributed by atoms with Crippen molar-refractivity contribution in [2.24, 2.45) is 5.73 Å². The topological polar surface area (TPSA) is 69.2 Å². The molecule has 0 spiro atoms. The average Bonchev–Trinajstić information content (AvgIpc) is 2.07. The molecule has 14 heavy (non-hydrogen) atoms. The van der Waals surface area contributed by atoms with Crippen molar-refractivity contribution in [3.05, 3.63) is 38.3 Å². The summed E-state index contributed by atoms with van der Waals surface area (Å²) in [5.74, 6) is 0. The second-order valence-electron chi connectivity index (χ2n) is 3.19. The lowest BCUT2D eigenvalue weighted by Crippen LogP contribution is -2.18. The zero-order valence-corrected chi connectivity index (χ0v) is 9.32. The van der Waals surface area contributed by atoms with Crippen LogP contribution in [0.25, 0.3) is 0 Å². The molecule has 0 aliphatic heterocycles. The lowest BCUT2D eigenvalue weighted by molar-refractivity contribution is -0.385. The number of nitrogens with zero attached hydrogens (tertiary/aromatic N) is 1. The lowest BCUT2D eigenvalue weighted by Gasteiger charge is -2.07. The summed E-state index contributed by atoms with van der Waals surface area (Å²) in [6.45, 7) is 1.87. The molecule has 1 rings (SSSR count). The maximum atomic E-state index is 10.6. The van der Waals surface area contributed by atoms with Gasteiger partial charge in [0.05, 0.1) is 9.40 Å². The van der Waals surface area contributed by atoms with Crippen LogP contribution in [0.4, 0.5) is 5.69 Å². The van der Waals surface area contributed by atoms with Crippen LogP contribution in [0.3, 0.4) is 0 Å². The maximum absolute atomic E-state index is 10.6. The summed E-state index contributed by atoms with van der Waals surface area (Å²) in [4.78, 5) is 10.2. The Morgan fingerprint density at radius 2 is 2.29 bits per heavy atom. The molecule has 0 fully saturated rings. The van der Waals surface area contributed by atoms with Crippen LogP contribution in [0, 0.1) is 10.1 Å². The van der Waals surface area contributed by atoms with Crippen molar-refractivity contribution >= 4 is 21.6 Å². The maximum Gasteiger partial charge on any atom is 0.283 e. The quantitative estimate of drug-likeness (QED) is 0.668. The first-order valence-electron chi connectivity index (χ1n) is 4.19. The highest BCUT2D eigenvalue weighted by Gasteiger charge is 2.14. The van der Waals surface area contributed by atoms with Crippen LogP contribution in [0.2, 0.25) is 0 Å². The fraction of sp³-hybridized carbons (Fsp3) is 0.333. The van der Waals surface area contributed by atoms with Crippen molar-refractivity contribution in [2.45, 2.75) is 19.4 Å². The molecular formula is C9H11BrN2O2. The molecule has 1 aromatic rings. The number of hydrogen-bond acceptors (Lipinski definition) is 3. The summed E-state index contributed by atoms with van der Waals surface area (Å²) < 4.78 is 0.530. The Hall–Kier alpha value is -0.940. The van der Waals surface area contributed by atoms with Gasteiger partial charge in [-0.2, -0.15) is 0 Å². The first kappa shape index (κ1) is 11.1. The summed E-state index contributed by atoms with van der Waals surface area (Å²) in [7, 11) is 0. The van der Waals surface area contributed by atoms with E-state index in [-0.39, 0.29) is 11.7 Å². The molecule has 0 saturated heterocycles. The zero-order valence-electron chi connectivity index (χ0n) is 7.74. The van der Waals surface area contributed by atoms with Gasteiger partial charge in [-0.05, 0) is 34.8 Å². The van der Waals surface area contributed by atoms with E-state index in [1.165, 1.54) is 6.07 Å². The van der Waals surface area contributed by atoms with Gasteiger partial charge in [-0.25, -0.2) is 0 Å². The highest BCUT2D eigenvalue weighted by atomic mass is 79.9. The summed E-state index contributed by atoms with van der Waals surface area (Å²) in [6, 6.07) is 4.96. The van der Waals surface area contributed by atoms with Crippen LogP contribution >= 0.6 is 15.9 Å². The van der Waals surface area contributed by atoms with Crippen LogP contribution in [0.5, 0.6) is 0 Å². The lowest BCUT2D eigenvalue weighted by atomic mass is 10.1. The van der Waals surface area contributed by atoms with E-state index in [1.807, 2.05) is 13.0 Å². The molecule has 0 amide bonds. The minimum Gasteiger partial charge on any atom is -0.328 e. The van der Waals surface area contributed by atoms with Gasteiger partial charge < -0.3 is 5.73 Å². The van der Waals surface area contributed by atoms with Crippen molar-refractivity contribution in [2.75, 3.05) is 0 Å². The Morgan fingerprint density at radius 3 is 2.79 bits per heavy atom. The van der Waals surface area contributed by atoms with Gasteiger partial charge in [-0.15, -0.1) is 0 Å². The smallest absolute Gasteiger partial charge is 0.283 e. The fourth-order valence-electron chi connectivity index (χ4n) is 1.21. The number of nitro groups is 1. The molecule has 4 nitrogen and oxygen atoms in total. The molecular weight excluding hydrogens is 248 g/mol. The predicted octanol–water partition coefficient (Wildman–Crippen LogP) is 2.25. The third kappa shape index (κ3) is 2.52. The van der Waals surface area contributed by atoms with Gasteiger partial charge in [-0.1, -0.05) is 12.1 Å². The largest absolute Gasteiger partial charge is 0.328 e. The zero-order chi connectivity index (χ0) is 10.7. The summed E-state index contributed by atoms with van der Waals surface area (Å²) in [5, 5.41) is 10.6. The highest BCUT2D eigenvalue weighted by Crippen LogP contribution is 2.28. The van der Waals surface area contributed by atoms with Crippen molar-refractivity contribution in [3.63, 3.8) is 0 Å². The van der Waals surface area contributed by atoms with Crippen molar-refractivity contribution in [1.82, 2.24) is 0 Å². The molecule has 0 saturated carbocycles. The second kappa shape index (κ2) is 4.52. The first-order chi connectivity index (χ1) is 6.52. The first-order valence-corrected chi connectivity index (χ1v) is 4.99. The molecule has 76 valence electrons. The summed E-state index contributed by atoms with van der Waals surface area (Å²) >= 11 is 3.21. The van der Waals surface area contributed by atoms with Crippen LogP contribution < -0.4 is 5.73 Å². The van der Waals surface area contributed by atoms with Gasteiger partial charge in [-0.3, -0.25) is 10.1 Å². The van der Waals surface area contributed by atoms with Gasteiger partial charge >= 0.3 is 0 Å². The third-order valence-corrected chi connectivity index (χ3v) is 2.71. The molecule has 0 radical (unpaired) electrons. The monoisotopic (exact) mass is 258 g/mol. The number of nitro benzene ring substituents is 1. The van der Waals surface area contributed by atoms with E-state index in [2.05, 4.69) is 15.9 Å². The highest BCUT2D eigenvalue weighted by molar-refractivity contribution is 9.10. The molecule has 0 heterocycles. The molecule has 1 atom stereocenters. The number of benzene rings is 1. The number of rotatable bonds is 3. The van der Waals surface area contributed by atoms with Crippen LogP contribution in [0.15, 0.2) is 22.7 Å². The van der Waals surface area contributed by atoms with Crippen molar-refractivity contribution in [1.29, 1.82) is 0 Å². The Kier molecular flexibility index (Phi) is 3.60. The molecule has 5 heteroatoms. The summed E-state index contributed by atoms with van der Waals surface area (Å²) in [5.41, 5.74) is 6.58. The SMILES string of the molecule is CC(N)Cc1cccc([N+](=O)[O-])c1Br. The van der Waals surface area contributed by atoms with Crippen LogP contribution in [-0.2, 0) is 6.42 Å². The van der Waals surface area contributed by atoms with Crippen molar-refractivity contribution < 1.29 is 4.92 Å². The Labute approximate surface area is 90.4 Å². The normalized spacial score (nSPS) is 12.5. The molecule has 0 aromatic heterocycles. The van der Waals surface area contributed by atoms with E-state index < -0.39 is 4.92 Å². The Morgan fingerprint density at radius 1 is 1.64 bits per heavy atom. The van der Waals surface area contributed by atoms with Gasteiger partial charge in [0.2, 0.25) is 0 Å². The van der Waals surface area contributed by atoms with E-state index in [1.54, 1.807) is 6.07 Å². The van der Waals surface area contributed by atoms with Gasteiger partial charge in [0.25, 0.3) is 5.69 Å². The molecule has 0 aliphatic carbocycles. The minimum atomic E-state index is -0.408. The van der Waals surface area contributed by atoms with Crippen LogP contribution in [-0.4, -0.2) is 11.0 Å². The van der Waals surface area contributed by atoms with Gasteiger partial charge in [0.15, 0.2) is 0 Å². The standard InChI is InChI=1S/C9H11BrN2O2/c1-6(11)5-7-3-2-4-8(9(7)10)12(13)14/h2-4,6H,5,11H2,1H3. The Bertz CT molecular complexity index is 353. The molecule has 0 aliphatic rings. The fourth-order valence-corrected chi connectivity index (χ4v) is 1.78. The number of nitrogens with two attached hydrogens (primary N) is 1. The third-order valence-electron chi connectivity index (χ3n) is 1.80. The second-order valence-corrected chi connectivity index (χ2v) is 3.98. The Balaban J connectivity index is 3.07.